The second-order valence-corrected chi connectivity index (χ2v) is 7.50. The van der Waals surface area contributed by atoms with Crippen molar-refractivity contribution in [3.05, 3.63) is 59.2 Å². The molecule has 0 aromatic heterocycles. The Labute approximate surface area is 166 Å². The predicted molar refractivity (Wildman–Crippen MR) is 115 cm³/mol. The van der Waals surface area contributed by atoms with Crippen LogP contribution in [0, 0.1) is 0 Å². The highest BCUT2D eigenvalue weighted by Crippen LogP contribution is 2.29. The van der Waals surface area contributed by atoms with E-state index in [1.807, 2.05) is 18.2 Å². The second kappa shape index (κ2) is 9.37. The molecule has 0 atom stereocenters. The molecule has 0 saturated carbocycles. The van der Waals surface area contributed by atoms with Crippen molar-refractivity contribution in [2.45, 2.75) is 32.8 Å². The van der Waals surface area contributed by atoms with E-state index in [0.717, 1.165) is 11.1 Å². The molecule has 144 valence electrons. The van der Waals surface area contributed by atoms with E-state index >= 15 is 0 Å². The molecule has 0 fully saturated rings. The molecular formula is C21H27N3O2S. The number of methoxy groups -OCH3 is 1. The number of hydrogen-bond acceptors (Lipinski definition) is 4. The molecular weight excluding hydrogens is 358 g/mol. The van der Waals surface area contributed by atoms with Gasteiger partial charge in [-0.15, -0.1) is 0 Å². The first-order valence-electron chi connectivity index (χ1n) is 8.74. The van der Waals surface area contributed by atoms with Crippen LogP contribution in [0.1, 0.15) is 37.5 Å². The van der Waals surface area contributed by atoms with E-state index in [-0.39, 0.29) is 5.41 Å². The molecule has 0 radical (unpaired) electrons. The molecule has 2 N–H and O–H groups in total. The molecule has 0 aliphatic carbocycles. The zero-order valence-electron chi connectivity index (χ0n) is 16.5. The van der Waals surface area contributed by atoms with Crippen LogP contribution in [0.2, 0.25) is 0 Å². The molecule has 0 spiro atoms. The Morgan fingerprint density at radius 2 is 1.81 bits per heavy atom. The van der Waals surface area contributed by atoms with Crippen molar-refractivity contribution in [1.82, 2.24) is 10.7 Å². The summed E-state index contributed by atoms with van der Waals surface area (Å²) in [7, 11) is 3.35. The molecule has 0 heterocycles. The molecule has 2 aromatic rings. The number of benzene rings is 2. The van der Waals surface area contributed by atoms with Gasteiger partial charge in [0.25, 0.3) is 0 Å². The van der Waals surface area contributed by atoms with Crippen LogP contribution in [0.5, 0.6) is 11.5 Å². The van der Waals surface area contributed by atoms with Gasteiger partial charge in [0.05, 0.1) is 13.3 Å². The van der Waals surface area contributed by atoms with Crippen molar-refractivity contribution in [1.29, 1.82) is 0 Å². The normalized spacial score (nSPS) is 11.3. The van der Waals surface area contributed by atoms with Gasteiger partial charge in [0.2, 0.25) is 0 Å². The molecule has 27 heavy (non-hydrogen) atoms. The molecule has 0 unspecified atom stereocenters. The maximum absolute atomic E-state index is 5.94. The lowest BCUT2D eigenvalue weighted by Gasteiger charge is -2.19. The second-order valence-electron chi connectivity index (χ2n) is 7.10. The van der Waals surface area contributed by atoms with Crippen LogP contribution in [0.25, 0.3) is 0 Å². The van der Waals surface area contributed by atoms with E-state index in [9.17, 15) is 0 Å². The quantitative estimate of drug-likeness (QED) is 0.447. The van der Waals surface area contributed by atoms with Gasteiger partial charge in [0, 0.05) is 7.05 Å². The van der Waals surface area contributed by atoms with E-state index in [1.165, 1.54) is 5.56 Å². The van der Waals surface area contributed by atoms with Crippen molar-refractivity contribution < 1.29 is 9.47 Å². The van der Waals surface area contributed by atoms with E-state index in [4.69, 9.17) is 21.7 Å². The zero-order valence-corrected chi connectivity index (χ0v) is 17.3. The summed E-state index contributed by atoms with van der Waals surface area (Å²) in [5.74, 6) is 1.34. The van der Waals surface area contributed by atoms with Gasteiger partial charge in [-0.25, -0.2) is 0 Å². The van der Waals surface area contributed by atoms with Gasteiger partial charge in [-0.1, -0.05) is 45.0 Å². The summed E-state index contributed by atoms with van der Waals surface area (Å²) in [6, 6.07) is 14.2. The third kappa shape index (κ3) is 6.25. The molecule has 2 aromatic carbocycles. The lowest BCUT2D eigenvalue weighted by molar-refractivity contribution is 0.284. The van der Waals surface area contributed by atoms with Gasteiger partial charge in [0.15, 0.2) is 16.6 Å². The summed E-state index contributed by atoms with van der Waals surface area (Å²) in [6.45, 7) is 7.09. The molecule has 0 aliphatic rings. The average molecular weight is 386 g/mol. The minimum absolute atomic E-state index is 0.145. The number of rotatable bonds is 6. The van der Waals surface area contributed by atoms with Crippen LogP contribution in [-0.2, 0) is 12.0 Å². The first-order chi connectivity index (χ1) is 12.8. The van der Waals surface area contributed by atoms with E-state index in [0.29, 0.717) is 23.2 Å². The highest BCUT2D eigenvalue weighted by atomic mass is 32.1. The largest absolute Gasteiger partial charge is 0.493 e. The van der Waals surface area contributed by atoms with Crippen LogP contribution < -0.4 is 20.2 Å². The summed E-state index contributed by atoms with van der Waals surface area (Å²) in [5, 5.41) is 7.31. The first kappa shape index (κ1) is 20.7. The standard InChI is InChI=1S/C21H27N3O2S/c1-21(2,3)17-9-6-15(7-10-17)14-26-18-11-8-16(12-19(18)25-5)13-23-24-20(27)22-4/h6-13H,14H2,1-5H3,(H2,22,24,27)/b23-13-. The summed E-state index contributed by atoms with van der Waals surface area (Å²) in [4.78, 5) is 0. The number of hydrazone groups is 1. The van der Waals surface area contributed by atoms with Gasteiger partial charge in [0.1, 0.15) is 6.61 Å². The fourth-order valence-corrected chi connectivity index (χ4v) is 2.42. The first-order valence-corrected chi connectivity index (χ1v) is 9.15. The fourth-order valence-electron chi connectivity index (χ4n) is 2.37. The smallest absolute Gasteiger partial charge is 0.186 e. The summed E-state index contributed by atoms with van der Waals surface area (Å²) in [6.07, 6.45) is 1.67. The molecule has 0 amide bonds. The molecule has 2 rings (SSSR count). The van der Waals surface area contributed by atoms with Gasteiger partial charge >= 0.3 is 0 Å². The lowest BCUT2D eigenvalue weighted by atomic mass is 9.87. The maximum atomic E-state index is 5.94. The fraction of sp³-hybridized carbons (Fsp3) is 0.333. The van der Waals surface area contributed by atoms with Crippen molar-refractivity contribution in [3.8, 4) is 11.5 Å². The SMILES string of the molecule is CNC(=S)N/N=C\c1ccc(OCc2ccc(C(C)(C)C)cc2)c(OC)c1. The zero-order chi connectivity index (χ0) is 19.9. The van der Waals surface area contributed by atoms with E-state index in [2.05, 4.69) is 60.9 Å². The van der Waals surface area contributed by atoms with Gasteiger partial charge < -0.3 is 14.8 Å². The Kier molecular flexibility index (Phi) is 7.19. The number of hydrogen-bond donors (Lipinski definition) is 2. The Bertz CT molecular complexity index is 796. The molecule has 5 nitrogen and oxygen atoms in total. The number of ether oxygens (including phenoxy) is 2. The Balaban J connectivity index is 2.03. The van der Waals surface area contributed by atoms with Crippen LogP contribution in [-0.4, -0.2) is 25.5 Å². The molecule has 0 bridgehead atoms. The lowest BCUT2D eigenvalue weighted by Crippen LogP contribution is -2.28. The Hall–Kier alpha value is -2.60. The van der Waals surface area contributed by atoms with Gasteiger partial charge in [-0.3, -0.25) is 5.43 Å². The third-order valence-electron chi connectivity index (χ3n) is 4.01. The monoisotopic (exact) mass is 385 g/mol. The van der Waals surface area contributed by atoms with Crippen molar-refractivity contribution in [2.24, 2.45) is 5.10 Å². The molecule has 0 saturated heterocycles. The highest BCUT2D eigenvalue weighted by molar-refractivity contribution is 7.80. The topological polar surface area (TPSA) is 54.9 Å². The predicted octanol–water partition coefficient (Wildman–Crippen LogP) is 4.00. The summed E-state index contributed by atoms with van der Waals surface area (Å²) < 4.78 is 11.4. The minimum atomic E-state index is 0.145. The van der Waals surface area contributed by atoms with Gasteiger partial charge in [-0.2, -0.15) is 5.10 Å². The number of nitrogens with zero attached hydrogens (tertiary/aromatic N) is 1. The van der Waals surface area contributed by atoms with Crippen LogP contribution >= 0.6 is 12.2 Å². The van der Waals surface area contributed by atoms with Crippen LogP contribution in [0.3, 0.4) is 0 Å². The Morgan fingerprint density at radius 3 is 2.41 bits per heavy atom. The maximum Gasteiger partial charge on any atom is 0.186 e. The minimum Gasteiger partial charge on any atom is -0.493 e. The Morgan fingerprint density at radius 1 is 1.11 bits per heavy atom. The summed E-state index contributed by atoms with van der Waals surface area (Å²) in [5.41, 5.74) is 6.15. The van der Waals surface area contributed by atoms with Crippen molar-refractivity contribution in [3.63, 3.8) is 0 Å². The van der Waals surface area contributed by atoms with E-state index in [1.54, 1.807) is 20.4 Å². The van der Waals surface area contributed by atoms with Gasteiger partial charge in [-0.05, 0) is 52.5 Å². The third-order valence-corrected chi connectivity index (χ3v) is 4.30. The van der Waals surface area contributed by atoms with Crippen LogP contribution in [0.15, 0.2) is 47.6 Å². The number of thiocarbonyl (C=S) groups is 1. The van der Waals surface area contributed by atoms with E-state index < -0.39 is 0 Å². The summed E-state index contributed by atoms with van der Waals surface area (Å²) >= 11 is 4.97. The average Bonchev–Trinajstić information content (AvgIpc) is 2.66. The molecule has 0 aliphatic heterocycles. The number of nitrogens with one attached hydrogen (secondary N) is 2. The highest BCUT2D eigenvalue weighted by Gasteiger charge is 2.13. The molecule has 6 heteroatoms. The van der Waals surface area contributed by atoms with Crippen molar-refractivity contribution >= 4 is 23.5 Å². The van der Waals surface area contributed by atoms with Crippen molar-refractivity contribution in [2.75, 3.05) is 14.2 Å². The van der Waals surface area contributed by atoms with Crippen LogP contribution in [0.4, 0.5) is 0 Å².